The SMILES string of the molecule is CCOC(=O)C(NC=O)C(O)c1ccccc1OC. The van der Waals surface area contributed by atoms with Crippen molar-refractivity contribution in [1.29, 1.82) is 0 Å². The zero-order valence-electron chi connectivity index (χ0n) is 10.8. The Hall–Kier alpha value is -2.08. The van der Waals surface area contributed by atoms with Crippen LogP contribution in [0.25, 0.3) is 0 Å². The van der Waals surface area contributed by atoms with Gasteiger partial charge in [0.2, 0.25) is 6.41 Å². The number of aliphatic hydroxyl groups is 1. The predicted molar refractivity (Wildman–Crippen MR) is 67.6 cm³/mol. The van der Waals surface area contributed by atoms with E-state index in [0.717, 1.165) is 0 Å². The van der Waals surface area contributed by atoms with Gasteiger partial charge in [0.05, 0.1) is 13.7 Å². The number of benzene rings is 1. The van der Waals surface area contributed by atoms with Crippen LogP contribution in [0.3, 0.4) is 0 Å². The summed E-state index contributed by atoms with van der Waals surface area (Å²) in [4.78, 5) is 22.3. The van der Waals surface area contributed by atoms with Crippen molar-refractivity contribution in [3.63, 3.8) is 0 Å². The maximum atomic E-state index is 11.7. The Morgan fingerprint density at radius 1 is 1.47 bits per heavy atom. The summed E-state index contributed by atoms with van der Waals surface area (Å²) in [6.07, 6.45) is -0.902. The molecular weight excluding hydrogens is 250 g/mol. The third kappa shape index (κ3) is 3.69. The average Bonchev–Trinajstić information content (AvgIpc) is 2.44. The molecule has 0 spiro atoms. The summed E-state index contributed by atoms with van der Waals surface area (Å²) in [6, 6.07) is 5.53. The number of ether oxygens (including phenoxy) is 2. The van der Waals surface area contributed by atoms with Gasteiger partial charge in [0.25, 0.3) is 0 Å². The van der Waals surface area contributed by atoms with Crippen molar-refractivity contribution in [3.8, 4) is 5.75 Å². The molecular formula is C13H17NO5. The van der Waals surface area contributed by atoms with E-state index in [9.17, 15) is 14.7 Å². The smallest absolute Gasteiger partial charge is 0.331 e. The van der Waals surface area contributed by atoms with Crippen molar-refractivity contribution in [2.24, 2.45) is 0 Å². The first kappa shape index (κ1) is 15.0. The molecule has 0 aromatic heterocycles. The van der Waals surface area contributed by atoms with Crippen LogP contribution in [0.2, 0.25) is 0 Å². The van der Waals surface area contributed by atoms with Crippen LogP contribution in [0.1, 0.15) is 18.6 Å². The van der Waals surface area contributed by atoms with Gasteiger partial charge in [0.1, 0.15) is 11.9 Å². The third-order valence-corrected chi connectivity index (χ3v) is 2.56. The van der Waals surface area contributed by atoms with Crippen LogP contribution in [-0.4, -0.2) is 37.2 Å². The molecule has 1 aromatic carbocycles. The summed E-state index contributed by atoms with van der Waals surface area (Å²) in [6.45, 7) is 1.81. The lowest BCUT2D eigenvalue weighted by molar-refractivity contribution is -0.149. The largest absolute Gasteiger partial charge is 0.496 e. The van der Waals surface area contributed by atoms with E-state index in [-0.39, 0.29) is 6.61 Å². The summed E-state index contributed by atoms with van der Waals surface area (Å²) >= 11 is 0. The Labute approximate surface area is 111 Å². The Balaban J connectivity index is 3.01. The van der Waals surface area contributed by atoms with Gasteiger partial charge >= 0.3 is 5.97 Å². The molecule has 104 valence electrons. The number of hydrogen-bond acceptors (Lipinski definition) is 5. The number of carbonyl (C=O) groups excluding carboxylic acids is 2. The molecule has 6 heteroatoms. The van der Waals surface area contributed by atoms with E-state index in [2.05, 4.69) is 5.32 Å². The number of hydrogen-bond donors (Lipinski definition) is 2. The Morgan fingerprint density at radius 3 is 2.74 bits per heavy atom. The zero-order valence-corrected chi connectivity index (χ0v) is 10.8. The van der Waals surface area contributed by atoms with Crippen molar-refractivity contribution >= 4 is 12.4 Å². The number of carbonyl (C=O) groups is 2. The van der Waals surface area contributed by atoms with Gasteiger partial charge in [-0.25, -0.2) is 4.79 Å². The molecule has 0 aliphatic heterocycles. The minimum atomic E-state index is -1.25. The maximum Gasteiger partial charge on any atom is 0.331 e. The lowest BCUT2D eigenvalue weighted by Gasteiger charge is -2.22. The minimum Gasteiger partial charge on any atom is -0.496 e. The van der Waals surface area contributed by atoms with E-state index in [1.54, 1.807) is 31.2 Å². The van der Waals surface area contributed by atoms with Crippen molar-refractivity contribution in [2.75, 3.05) is 13.7 Å². The van der Waals surface area contributed by atoms with Crippen LogP contribution < -0.4 is 10.1 Å². The number of para-hydroxylation sites is 1. The standard InChI is InChI=1S/C13H17NO5/c1-3-19-13(17)11(14-8-15)12(16)9-6-4-5-7-10(9)18-2/h4-8,11-12,16H,3H2,1-2H3,(H,14,15). The molecule has 0 fully saturated rings. The van der Waals surface area contributed by atoms with Crippen molar-refractivity contribution < 1.29 is 24.2 Å². The van der Waals surface area contributed by atoms with Crippen LogP contribution in [0.15, 0.2) is 24.3 Å². The molecule has 2 unspecified atom stereocenters. The Bertz CT molecular complexity index is 435. The van der Waals surface area contributed by atoms with Crippen molar-refractivity contribution in [2.45, 2.75) is 19.1 Å². The third-order valence-electron chi connectivity index (χ3n) is 2.56. The average molecular weight is 267 g/mol. The molecule has 0 bridgehead atoms. The fourth-order valence-electron chi connectivity index (χ4n) is 1.68. The molecule has 2 atom stereocenters. The fourth-order valence-corrected chi connectivity index (χ4v) is 1.68. The van der Waals surface area contributed by atoms with E-state index in [1.165, 1.54) is 7.11 Å². The van der Waals surface area contributed by atoms with Gasteiger partial charge in [-0.05, 0) is 13.0 Å². The van der Waals surface area contributed by atoms with E-state index < -0.39 is 18.1 Å². The van der Waals surface area contributed by atoms with E-state index in [4.69, 9.17) is 9.47 Å². The van der Waals surface area contributed by atoms with Crippen molar-refractivity contribution in [3.05, 3.63) is 29.8 Å². The summed E-state index contributed by atoms with van der Waals surface area (Å²) in [5.41, 5.74) is 0.400. The monoisotopic (exact) mass is 267 g/mol. The molecule has 0 aliphatic rings. The summed E-state index contributed by atoms with van der Waals surface area (Å²) < 4.78 is 9.92. The lowest BCUT2D eigenvalue weighted by atomic mass is 10.0. The number of aliphatic hydroxyl groups excluding tert-OH is 1. The number of esters is 1. The highest BCUT2D eigenvalue weighted by Crippen LogP contribution is 2.27. The first-order valence-electron chi connectivity index (χ1n) is 5.83. The van der Waals surface area contributed by atoms with Crippen LogP contribution >= 0.6 is 0 Å². The number of nitrogens with one attached hydrogen (secondary N) is 1. The molecule has 0 saturated heterocycles. The normalized spacial score (nSPS) is 13.2. The van der Waals surface area contributed by atoms with Gasteiger partial charge in [0.15, 0.2) is 6.04 Å². The van der Waals surface area contributed by atoms with E-state index >= 15 is 0 Å². The quantitative estimate of drug-likeness (QED) is 0.552. The highest BCUT2D eigenvalue weighted by atomic mass is 16.5. The molecule has 2 N–H and O–H groups in total. The molecule has 1 rings (SSSR count). The van der Waals surface area contributed by atoms with Crippen LogP contribution in [0, 0.1) is 0 Å². The summed E-state index contributed by atoms with van der Waals surface area (Å²) in [5, 5.41) is 12.5. The highest BCUT2D eigenvalue weighted by molar-refractivity contribution is 5.79. The Kier molecular flexibility index (Phi) is 5.81. The molecule has 6 nitrogen and oxygen atoms in total. The highest BCUT2D eigenvalue weighted by Gasteiger charge is 2.30. The first-order valence-corrected chi connectivity index (χ1v) is 5.83. The fraction of sp³-hybridized carbons (Fsp3) is 0.385. The summed E-state index contributed by atoms with van der Waals surface area (Å²) in [7, 11) is 1.46. The zero-order chi connectivity index (χ0) is 14.3. The van der Waals surface area contributed by atoms with Crippen LogP contribution in [0.4, 0.5) is 0 Å². The molecule has 0 aliphatic carbocycles. The molecule has 1 aromatic rings. The van der Waals surface area contributed by atoms with Crippen molar-refractivity contribution in [1.82, 2.24) is 5.32 Å². The van der Waals surface area contributed by atoms with Gasteiger partial charge < -0.3 is 19.9 Å². The number of rotatable bonds is 7. The molecule has 0 radical (unpaired) electrons. The first-order chi connectivity index (χ1) is 9.15. The second-order valence-electron chi connectivity index (χ2n) is 3.70. The maximum absolute atomic E-state index is 11.7. The number of methoxy groups -OCH3 is 1. The predicted octanol–water partition coefficient (Wildman–Crippen LogP) is 0.406. The topological polar surface area (TPSA) is 84.9 Å². The summed E-state index contributed by atoms with van der Waals surface area (Å²) in [5.74, 6) is -0.273. The van der Waals surface area contributed by atoms with Gasteiger partial charge in [-0.3, -0.25) is 4.79 Å². The number of amides is 1. The van der Waals surface area contributed by atoms with Gasteiger partial charge in [-0.2, -0.15) is 0 Å². The van der Waals surface area contributed by atoms with Gasteiger partial charge in [-0.15, -0.1) is 0 Å². The van der Waals surface area contributed by atoms with Gasteiger partial charge in [-0.1, -0.05) is 18.2 Å². The van der Waals surface area contributed by atoms with Gasteiger partial charge in [0, 0.05) is 5.56 Å². The Morgan fingerprint density at radius 2 is 2.16 bits per heavy atom. The molecule has 0 heterocycles. The van der Waals surface area contributed by atoms with E-state index in [1.807, 2.05) is 0 Å². The van der Waals surface area contributed by atoms with Crippen LogP contribution in [0.5, 0.6) is 5.75 Å². The second kappa shape index (κ2) is 7.38. The molecule has 19 heavy (non-hydrogen) atoms. The van der Waals surface area contributed by atoms with E-state index in [0.29, 0.717) is 17.7 Å². The van der Waals surface area contributed by atoms with Crippen LogP contribution in [-0.2, 0) is 14.3 Å². The lowest BCUT2D eigenvalue weighted by Crippen LogP contribution is -2.42. The minimum absolute atomic E-state index is 0.161. The second-order valence-corrected chi connectivity index (χ2v) is 3.70. The molecule has 1 amide bonds. The molecule has 0 saturated carbocycles.